The molecule has 1 aromatic heterocycles. The first-order valence-corrected chi connectivity index (χ1v) is 7.45. The highest BCUT2D eigenvalue weighted by Gasteiger charge is 2.03. The second-order valence-corrected chi connectivity index (χ2v) is 5.06. The van der Waals surface area contributed by atoms with Gasteiger partial charge in [0.25, 0.3) is 0 Å². The molecule has 0 unspecified atom stereocenters. The average molecular weight is 285 g/mol. The van der Waals surface area contributed by atoms with Crippen LogP contribution in [0.3, 0.4) is 0 Å². The summed E-state index contributed by atoms with van der Waals surface area (Å²) < 4.78 is 2.22. The molecule has 0 saturated carbocycles. The van der Waals surface area contributed by atoms with E-state index in [0.29, 0.717) is 19.6 Å². The number of aryl methyl sites for hydroxylation is 1. The Morgan fingerprint density at radius 1 is 1.10 bits per heavy atom. The lowest BCUT2D eigenvalue weighted by Crippen LogP contribution is -2.33. The molecule has 4 heteroatoms. The number of benzene rings is 1. The molecular weight excluding hydrogens is 262 g/mol. The van der Waals surface area contributed by atoms with Gasteiger partial charge in [-0.05, 0) is 24.1 Å². The third-order valence-electron chi connectivity index (χ3n) is 3.31. The smallest absolute Gasteiger partial charge is 0.234 e. The van der Waals surface area contributed by atoms with Crippen molar-refractivity contribution in [3.05, 3.63) is 59.9 Å². The lowest BCUT2D eigenvalue weighted by Gasteiger charge is -2.09. The van der Waals surface area contributed by atoms with Crippen molar-refractivity contribution >= 4 is 5.91 Å². The second-order valence-electron chi connectivity index (χ2n) is 5.06. The summed E-state index contributed by atoms with van der Waals surface area (Å²) in [5, 5.41) is 6.10. The fourth-order valence-electron chi connectivity index (χ4n) is 2.23. The van der Waals surface area contributed by atoms with Gasteiger partial charge in [0.2, 0.25) is 5.91 Å². The number of carbonyl (C=O) groups excluding carboxylic acids is 1. The minimum atomic E-state index is 0.0208. The minimum Gasteiger partial charge on any atom is -0.351 e. The zero-order valence-electron chi connectivity index (χ0n) is 12.5. The van der Waals surface area contributed by atoms with Crippen molar-refractivity contribution < 1.29 is 4.79 Å². The van der Waals surface area contributed by atoms with Gasteiger partial charge in [0.1, 0.15) is 0 Å². The predicted octanol–water partition coefficient (Wildman–Crippen LogP) is 2.30. The van der Waals surface area contributed by atoms with Gasteiger partial charge in [0, 0.05) is 31.5 Å². The summed E-state index contributed by atoms with van der Waals surface area (Å²) in [6.45, 7) is 4.81. The summed E-state index contributed by atoms with van der Waals surface area (Å²) in [5.74, 6) is 0.0208. The molecule has 4 nitrogen and oxygen atoms in total. The highest BCUT2D eigenvalue weighted by Crippen LogP contribution is 2.03. The molecule has 0 aliphatic heterocycles. The van der Waals surface area contributed by atoms with Gasteiger partial charge in [-0.25, -0.2) is 0 Å². The van der Waals surface area contributed by atoms with E-state index < -0.39 is 0 Å². The van der Waals surface area contributed by atoms with Gasteiger partial charge in [-0.3, -0.25) is 4.79 Å². The molecule has 0 radical (unpaired) electrons. The largest absolute Gasteiger partial charge is 0.351 e. The van der Waals surface area contributed by atoms with E-state index in [1.807, 2.05) is 36.4 Å². The minimum absolute atomic E-state index is 0.0208. The topological polar surface area (TPSA) is 46.1 Å². The predicted molar refractivity (Wildman–Crippen MR) is 84.7 cm³/mol. The Balaban J connectivity index is 1.68. The molecular formula is C17H23N3O. The Morgan fingerprint density at radius 2 is 1.90 bits per heavy atom. The number of nitrogens with zero attached hydrogens (tertiary/aromatic N) is 1. The molecule has 0 saturated heterocycles. The third-order valence-corrected chi connectivity index (χ3v) is 3.31. The van der Waals surface area contributed by atoms with Crippen LogP contribution < -0.4 is 10.6 Å². The summed E-state index contributed by atoms with van der Waals surface area (Å²) in [6, 6.07) is 14.1. The fourth-order valence-corrected chi connectivity index (χ4v) is 2.23. The Kier molecular flexibility index (Phi) is 6.03. The Hall–Kier alpha value is -2.07. The molecule has 0 aliphatic carbocycles. The summed E-state index contributed by atoms with van der Waals surface area (Å²) in [5.41, 5.74) is 2.33. The van der Waals surface area contributed by atoms with E-state index in [1.54, 1.807) is 0 Å². The van der Waals surface area contributed by atoms with Crippen LogP contribution in [0.25, 0.3) is 0 Å². The van der Waals surface area contributed by atoms with Crippen LogP contribution in [0.2, 0.25) is 0 Å². The monoisotopic (exact) mass is 285 g/mol. The molecule has 0 atom stereocenters. The maximum Gasteiger partial charge on any atom is 0.234 e. The number of hydrogen-bond acceptors (Lipinski definition) is 2. The Morgan fingerprint density at radius 3 is 2.67 bits per heavy atom. The number of hydrogen-bond donors (Lipinski definition) is 2. The van der Waals surface area contributed by atoms with Crippen LogP contribution in [0, 0.1) is 0 Å². The highest BCUT2D eigenvalue weighted by molar-refractivity contribution is 5.77. The van der Waals surface area contributed by atoms with Gasteiger partial charge in [-0.1, -0.05) is 37.3 Å². The standard InChI is InChI=1S/C17H23N3O/c1-2-10-20-11-6-9-16(20)13-18-14-17(21)19-12-15-7-4-3-5-8-15/h3-9,11,18H,2,10,12-14H2,1H3,(H,19,21). The molecule has 0 spiro atoms. The van der Waals surface area contributed by atoms with Gasteiger partial charge >= 0.3 is 0 Å². The van der Waals surface area contributed by atoms with E-state index in [4.69, 9.17) is 0 Å². The fraction of sp³-hybridized carbons (Fsp3) is 0.353. The number of carbonyl (C=O) groups is 1. The number of nitrogens with one attached hydrogen (secondary N) is 2. The molecule has 0 bridgehead atoms. The van der Waals surface area contributed by atoms with Gasteiger partial charge in [0.05, 0.1) is 6.54 Å². The molecule has 2 aromatic rings. The molecule has 1 heterocycles. The van der Waals surface area contributed by atoms with Gasteiger partial charge in [-0.2, -0.15) is 0 Å². The SMILES string of the molecule is CCCn1cccc1CNCC(=O)NCc1ccccc1. The zero-order valence-corrected chi connectivity index (χ0v) is 12.5. The van der Waals surface area contributed by atoms with Crippen LogP contribution in [-0.2, 0) is 24.4 Å². The lowest BCUT2D eigenvalue weighted by atomic mass is 10.2. The van der Waals surface area contributed by atoms with Crippen LogP contribution in [0.5, 0.6) is 0 Å². The van der Waals surface area contributed by atoms with Crippen LogP contribution in [-0.4, -0.2) is 17.0 Å². The van der Waals surface area contributed by atoms with Crippen molar-refractivity contribution in [2.45, 2.75) is 33.0 Å². The van der Waals surface area contributed by atoms with Crippen molar-refractivity contribution in [3.63, 3.8) is 0 Å². The van der Waals surface area contributed by atoms with Crippen LogP contribution in [0.1, 0.15) is 24.6 Å². The first kappa shape index (κ1) is 15.3. The van der Waals surface area contributed by atoms with E-state index in [1.165, 1.54) is 5.69 Å². The molecule has 0 aliphatic rings. The first-order chi connectivity index (χ1) is 10.3. The molecule has 0 fully saturated rings. The summed E-state index contributed by atoms with van der Waals surface area (Å²) >= 11 is 0. The average Bonchev–Trinajstić information content (AvgIpc) is 2.94. The van der Waals surface area contributed by atoms with Crippen molar-refractivity contribution in [1.82, 2.24) is 15.2 Å². The molecule has 2 N–H and O–H groups in total. The Labute approximate surface area is 126 Å². The van der Waals surface area contributed by atoms with Crippen LogP contribution >= 0.6 is 0 Å². The molecule has 1 aromatic carbocycles. The van der Waals surface area contributed by atoms with Crippen LogP contribution in [0.15, 0.2) is 48.7 Å². The van der Waals surface area contributed by atoms with Crippen molar-refractivity contribution in [1.29, 1.82) is 0 Å². The quantitative estimate of drug-likeness (QED) is 0.782. The first-order valence-electron chi connectivity index (χ1n) is 7.45. The van der Waals surface area contributed by atoms with Gasteiger partial charge in [-0.15, -0.1) is 0 Å². The molecule has 2 rings (SSSR count). The lowest BCUT2D eigenvalue weighted by molar-refractivity contribution is -0.120. The van der Waals surface area contributed by atoms with Crippen LogP contribution in [0.4, 0.5) is 0 Å². The van der Waals surface area contributed by atoms with Gasteiger partial charge in [0.15, 0.2) is 0 Å². The summed E-state index contributed by atoms with van der Waals surface area (Å²) in [7, 11) is 0. The van der Waals surface area contributed by atoms with Gasteiger partial charge < -0.3 is 15.2 Å². The summed E-state index contributed by atoms with van der Waals surface area (Å²) in [6.07, 6.45) is 3.19. The van der Waals surface area contributed by atoms with E-state index >= 15 is 0 Å². The maximum absolute atomic E-state index is 11.8. The zero-order chi connectivity index (χ0) is 14.9. The molecule has 21 heavy (non-hydrogen) atoms. The number of aromatic nitrogens is 1. The highest BCUT2D eigenvalue weighted by atomic mass is 16.1. The van der Waals surface area contributed by atoms with E-state index in [0.717, 1.165) is 18.5 Å². The normalized spacial score (nSPS) is 10.5. The third kappa shape index (κ3) is 5.08. The van der Waals surface area contributed by atoms with Crippen molar-refractivity contribution in [2.24, 2.45) is 0 Å². The van der Waals surface area contributed by atoms with Crippen molar-refractivity contribution in [3.8, 4) is 0 Å². The Bertz CT molecular complexity index is 548. The van der Waals surface area contributed by atoms with E-state index in [2.05, 4.69) is 34.4 Å². The number of rotatable bonds is 8. The summed E-state index contributed by atoms with van der Waals surface area (Å²) in [4.78, 5) is 11.8. The molecule has 1 amide bonds. The van der Waals surface area contributed by atoms with Crippen molar-refractivity contribution in [2.75, 3.05) is 6.54 Å². The number of amides is 1. The van der Waals surface area contributed by atoms with E-state index in [9.17, 15) is 4.79 Å². The second kappa shape index (κ2) is 8.27. The van der Waals surface area contributed by atoms with E-state index in [-0.39, 0.29) is 5.91 Å². The molecule has 112 valence electrons. The maximum atomic E-state index is 11.8.